The SMILES string of the molecule is CC1CCC(CCC(=O)NC2(CN)CCCC2)O1. The Bertz CT molecular complexity index is 288. The zero-order chi connectivity index (χ0) is 13.0. The lowest BCUT2D eigenvalue weighted by Gasteiger charge is -2.29. The summed E-state index contributed by atoms with van der Waals surface area (Å²) in [5.41, 5.74) is 5.70. The van der Waals surface area contributed by atoms with Crippen LogP contribution < -0.4 is 11.1 Å². The molecule has 18 heavy (non-hydrogen) atoms. The van der Waals surface area contributed by atoms with E-state index in [0.29, 0.717) is 19.1 Å². The Labute approximate surface area is 110 Å². The van der Waals surface area contributed by atoms with Crippen LogP contribution in [-0.2, 0) is 9.53 Å². The van der Waals surface area contributed by atoms with Crippen molar-refractivity contribution in [3.05, 3.63) is 0 Å². The van der Waals surface area contributed by atoms with Gasteiger partial charge in [0, 0.05) is 13.0 Å². The molecular weight excluding hydrogens is 228 g/mol. The fourth-order valence-corrected chi connectivity index (χ4v) is 3.18. The molecule has 1 aliphatic carbocycles. The molecule has 0 bridgehead atoms. The van der Waals surface area contributed by atoms with Crippen molar-refractivity contribution >= 4 is 5.91 Å². The molecule has 2 rings (SSSR count). The maximum absolute atomic E-state index is 12.0. The van der Waals surface area contributed by atoms with E-state index >= 15 is 0 Å². The first-order chi connectivity index (χ1) is 8.63. The van der Waals surface area contributed by atoms with Crippen LogP contribution in [0.2, 0.25) is 0 Å². The molecular formula is C14H26N2O2. The van der Waals surface area contributed by atoms with Crippen LogP contribution in [-0.4, -0.2) is 30.2 Å². The summed E-state index contributed by atoms with van der Waals surface area (Å²) in [6.07, 6.45) is 8.71. The van der Waals surface area contributed by atoms with E-state index in [-0.39, 0.29) is 17.6 Å². The van der Waals surface area contributed by atoms with Gasteiger partial charge in [-0.3, -0.25) is 4.79 Å². The van der Waals surface area contributed by atoms with Crippen molar-refractivity contribution in [2.45, 2.75) is 76.0 Å². The summed E-state index contributed by atoms with van der Waals surface area (Å²) >= 11 is 0. The van der Waals surface area contributed by atoms with E-state index in [1.54, 1.807) is 0 Å². The Morgan fingerprint density at radius 2 is 2.11 bits per heavy atom. The number of carbonyl (C=O) groups excluding carboxylic acids is 1. The zero-order valence-electron chi connectivity index (χ0n) is 11.4. The summed E-state index contributed by atoms with van der Waals surface area (Å²) in [7, 11) is 0. The normalized spacial score (nSPS) is 30.6. The van der Waals surface area contributed by atoms with E-state index in [0.717, 1.165) is 32.1 Å². The van der Waals surface area contributed by atoms with Gasteiger partial charge in [0.1, 0.15) is 0 Å². The lowest BCUT2D eigenvalue weighted by atomic mass is 9.97. The molecule has 104 valence electrons. The Morgan fingerprint density at radius 1 is 1.39 bits per heavy atom. The summed E-state index contributed by atoms with van der Waals surface area (Å²) in [4.78, 5) is 12.0. The van der Waals surface area contributed by atoms with E-state index in [9.17, 15) is 4.79 Å². The van der Waals surface area contributed by atoms with Gasteiger partial charge < -0.3 is 15.8 Å². The Morgan fingerprint density at radius 3 is 2.67 bits per heavy atom. The highest BCUT2D eigenvalue weighted by molar-refractivity contribution is 5.76. The summed E-state index contributed by atoms with van der Waals surface area (Å²) in [6, 6.07) is 0. The maximum atomic E-state index is 12.0. The highest BCUT2D eigenvalue weighted by Gasteiger charge is 2.34. The van der Waals surface area contributed by atoms with Crippen molar-refractivity contribution in [1.82, 2.24) is 5.32 Å². The van der Waals surface area contributed by atoms with Gasteiger partial charge in [0.2, 0.25) is 5.91 Å². The molecule has 0 spiro atoms. The lowest BCUT2D eigenvalue weighted by Crippen LogP contribution is -2.51. The molecule has 2 aliphatic rings. The van der Waals surface area contributed by atoms with Crippen molar-refractivity contribution in [2.75, 3.05) is 6.54 Å². The average molecular weight is 254 g/mol. The first-order valence-corrected chi connectivity index (χ1v) is 7.30. The van der Waals surface area contributed by atoms with Gasteiger partial charge in [-0.05, 0) is 39.0 Å². The van der Waals surface area contributed by atoms with Crippen molar-refractivity contribution in [3.63, 3.8) is 0 Å². The van der Waals surface area contributed by atoms with Gasteiger partial charge in [0.15, 0.2) is 0 Å². The van der Waals surface area contributed by atoms with Crippen LogP contribution in [0.25, 0.3) is 0 Å². The van der Waals surface area contributed by atoms with E-state index < -0.39 is 0 Å². The minimum atomic E-state index is -0.110. The summed E-state index contributed by atoms with van der Waals surface area (Å²) < 4.78 is 5.73. The van der Waals surface area contributed by atoms with Gasteiger partial charge in [0.25, 0.3) is 0 Å². The topological polar surface area (TPSA) is 64.4 Å². The lowest BCUT2D eigenvalue weighted by molar-refractivity contribution is -0.123. The number of nitrogens with one attached hydrogen (secondary N) is 1. The number of carbonyl (C=O) groups is 1. The highest BCUT2D eigenvalue weighted by atomic mass is 16.5. The van der Waals surface area contributed by atoms with Crippen LogP contribution in [0.4, 0.5) is 0 Å². The molecule has 0 aromatic carbocycles. The second-order valence-electron chi connectivity index (χ2n) is 5.92. The molecule has 2 atom stereocenters. The second-order valence-corrected chi connectivity index (χ2v) is 5.92. The molecule has 0 radical (unpaired) electrons. The molecule has 1 aliphatic heterocycles. The molecule has 4 heteroatoms. The van der Waals surface area contributed by atoms with E-state index in [1.807, 2.05) is 0 Å². The summed E-state index contributed by atoms with van der Waals surface area (Å²) in [5.74, 6) is 0.144. The van der Waals surface area contributed by atoms with Gasteiger partial charge in [-0.2, -0.15) is 0 Å². The quantitative estimate of drug-likeness (QED) is 0.785. The van der Waals surface area contributed by atoms with Crippen molar-refractivity contribution in [1.29, 1.82) is 0 Å². The van der Waals surface area contributed by atoms with Crippen LogP contribution in [0.15, 0.2) is 0 Å². The maximum Gasteiger partial charge on any atom is 0.220 e. The molecule has 0 aromatic heterocycles. The van der Waals surface area contributed by atoms with Crippen LogP contribution in [0, 0.1) is 0 Å². The first-order valence-electron chi connectivity index (χ1n) is 7.30. The average Bonchev–Trinajstić information content (AvgIpc) is 2.97. The molecule has 1 saturated carbocycles. The number of nitrogens with two attached hydrogens (primary N) is 1. The fraction of sp³-hybridized carbons (Fsp3) is 0.929. The molecule has 4 nitrogen and oxygen atoms in total. The van der Waals surface area contributed by atoms with Crippen LogP contribution in [0.3, 0.4) is 0 Å². The van der Waals surface area contributed by atoms with Crippen molar-refractivity contribution in [2.24, 2.45) is 5.73 Å². The third-order valence-corrected chi connectivity index (χ3v) is 4.37. The minimum absolute atomic E-state index is 0.110. The van der Waals surface area contributed by atoms with E-state index in [4.69, 9.17) is 10.5 Å². The van der Waals surface area contributed by atoms with Gasteiger partial charge in [-0.25, -0.2) is 0 Å². The summed E-state index contributed by atoms with van der Waals surface area (Å²) in [6.45, 7) is 2.66. The summed E-state index contributed by atoms with van der Waals surface area (Å²) in [5, 5.41) is 3.16. The van der Waals surface area contributed by atoms with Crippen molar-refractivity contribution in [3.8, 4) is 0 Å². The standard InChI is InChI=1S/C14H26N2O2/c1-11-4-5-12(18-11)6-7-13(17)16-14(10-15)8-2-3-9-14/h11-12H,2-10,15H2,1H3,(H,16,17). The van der Waals surface area contributed by atoms with E-state index in [1.165, 1.54) is 12.8 Å². The number of hydrogen-bond donors (Lipinski definition) is 2. The molecule has 0 aromatic rings. The fourth-order valence-electron chi connectivity index (χ4n) is 3.18. The predicted octanol–water partition coefficient (Wildman–Crippen LogP) is 1.72. The Balaban J connectivity index is 1.71. The van der Waals surface area contributed by atoms with Crippen LogP contribution >= 0.6 is 0 Å². The minimum Gasteiger partial charge on any atom is -0.375 e. The highest BCUT2D eigenvalue weighted by Crippen LogP contribution is 2.29. The Hall–Kier alpha value is -0.610. The van der Waals surface area contributed by atoms with Crippen LogP contribution in [0.5, 0.6) is 0 Å². The molecule has 1 saturated heterocycles. The van der Waals surface area contributed by atoms with Gasteiger partial charge in [0.05, 0.1) is 17.7 Å². The largest absolute Gasteiger partial charge is 0.375 e. The molecule has 3 N–H and O–H groups in total. The first kappa shape index (κ1) is 13.8. The number of amides is 1. The monoisotopic (exact) mass is 254 g/mol. The predicted molar refractivity (Wildman–Crippen MR) is 71.2 cm³/mol. The third-order valence-electron chi connectivity index (χ3n) is 4.37. The van der Waals surface area contributed by atoms with Gasteiger partial charge in [-0.1, -0.05) is 12.8 Å². The second kappa shape index (κ2) is 6.02. The van der Waals surface area contributed by atoms with Gasteiger partial charge >= 0.3 is 0 Å². The molecule has 2 fully saturated rings. The number of rotatable bonds is 5. The molecule has 1 amide bonds. The van der Waals surface area contributed by atoms with Crippen LogP contribution in [0.1, 0.15) is 58.3 Å². The zero-order valence-corrected chi connectivity index (χ0v) is 11.4. The smallest absolute Gasteiger partial charge is 0.220 e. The van der Waals surface area contributed by atoms with Crippen molar-refractivity contribution < 1.29 is 9.53 Å². The number of hydrogen-bond acceptors (Lipinski definition) is 3. The van der Waals surface area contributed by atoms with E-state index in [2.05, 4.69) is 12.2 Å². The number of ether oxygens (including phenoxy) is 1. The Kier molecular flexibility index (Phi) is 4.62. The molecule has 2 unspecified atom stereocenters. The third kappa shape index (κ3) is 3.45. The molecule has 1 heterocycles. The van der Waals surface area contributed by atoms with Gasteiger partial charge in [-0.15, -0.1) is 0 Å².